The van der Waals surface area contributed by atoms with Crippen LogP contribution in [0.4, 0.5) is 4.79 Å². The summed E-state index contributed by atoms with van der Waals surface area (Å²) in [6.45, 7) is 0.311. The zero-order chi connectivity index (χ0) is 29.4. The fraction of sp³-hybridized carbons (Fsp3) is 0.345. The summed E-state index contributed by atoms with van der Waals surface area (Å²) >= 11 is 12.6. The number of benzene rings is 3. The van der Waals surface area contributed by atoms with Gasteiger partial charge in [-0.2, -0.15) is 0 Å². The van der Waals surface area contributed by atoms with Gasteiger partial charge in [-0.15, -0.1) is 0 Å². The molecule has 8 nitrogen and oxygen atoms in total. The molecule has 0 bridgehead atoms. The van der Waals surface area contributed by atoms with Gasteiger partial charge in [-0.3, -0.25) is 0 Å². The van der Waals surface area contributed by atoms with Crippen LogP contribution in [0.5, 0.6) is 5.75 Å². The van der Waals surface area contributed by atoms with Gasteiger partial charge in [-0.05, 0) is 66.8 Å². The Hall–Kier alpha value is -2.79. The molecule has 0 spiro atoms. The van der Waals surface area contributed by atoms with Crippen LogP contribution in [-0.4, -0.2) is 58.9 Å². The van der Waals surface area contributed by atoms with Crippen LogP contribution in [0.25, 0.3) is 0 Å². The van der Waals surface area contributed by atoms with Gasteiger partial charge >= 0.3 is 6.03 Å². The van der Waals surface area contributed by atoms with Gasteiger partial charge in [-0.1, -0.05) is 53.5 Å². The van der Waals surface area contributed by atoms with Gasteiger partial charge in [0.2, 0.25) is 0 Å². The van der Waals surface area contributed by atoms with Crippen molar-refractivity contribution in [1.82, 2.24) is 10.2 Å². The minimum Gasteiger partial charge on any atom is -0.489 e. The average molecular weight is 638 g/mol. The lowest BCUT2D eigenvalue weighted by molar-refractivity contribution is 0.182. The Balaban J connectivity index is 1.50. The molecule has 1 aliphatic heterocycles. The first-order valence-corrected chi connectivity index (χ1v) is 17.4. The van der Waals surface area contributed by atoms with Crippen LogP contribution in [-0.2, 0) is 37.4 Å². The van der Waals surface area contributed by atoms with E-state index in [1.807, 2.05) is 6.07 Å². The van der Waals surface area contributed by atoms with Crippen LogP contribution in [0.15, 0.2) is 71.6 Å². The van der Waals surface area contributed by atoms with E-state index in [-0.39, 0.29) is 36.8 Å². The second-order valence-corrected chi connectivity index (χ2v) is 15.7. The third-order valence-electron chi connectivity index (χ3n) is 7.85. The summed E-state index contributed by atoms with van der Waals surface area (Å²) < 4.78 is 56.6. The first kappa shape index (κ1) is 29.7. The van der Waals surface area contributed by atoms with Crippen molar-refractivity contribution in [3.05, 3.63) is 93.5 Å². The number of halogens is 2. The van der Waals surface area contributed by atoms with E-state index in [0.717, 1.165) is 11.8 Å². The van der Waals surface area contributed by atoms with Crippen LogP contribution >= 0.6 is 23.2 Å². The summed E-state index contributed by atoms with van der Waals surface area (Å²) in [4.78, 5) is 15.0. The third-order valence-corrected chi connectivity index (χ3v) is 12.0. The smallest absolute Gasteiger partial charge is 0.317 e. The number of urea groups is 1. The van der Waals surface area contributed by atoms with E-state index >= 15 is 0 Å². The molecular weight excluding hydrogens is 607 g/mol. The lowest BCUT2D eigenvalue weighted by Gasteiger charge is -2.42. The van der Waals surface area contributed by atoms with Gasteiger partial charge < -0.3 is 15.0 Å². The van der Waals surface area contributed by atoms with Crippen LogP contribution < -0.4 is 10.1 Å². The van der Waals surface area contributed by atoms with Gasteiger partial charge in [0.05, 0.1) is 16.7 Å². The first-order chi connectivity index (χ1) is 19.4. The summed E-state index contributed by atoms with van der Waals surface area (Å²) in [5, 5.41) is 3.65. The zero-order valence-electron chi connectivity index (χ0n) is 22.3. The Kier molecular flexibility index (Phi) is 8.31. The number of rotatable bonds is 8. The lowest BCUT2D eigenvalue weighted by Crippen LogP contribution is -2.54. The summed E-state index contributed by atoms with van der Waals surface area (Å²) in [6.07, 6.45) is 2.25. The van der Waals surface area contributed by atoms with E-state index in [1.165, 1.54) is 0 Å². The Morgan fingerprint density at radius 1 is 1.02 bits per heavy atom. The van der Waals surface area contributed by atoms with E-state index in [2.05, 4.69) is 5.32 Å². The van der Waals surface area contributed by atoms with Crippen molar-refractivity contribution in [2.75, 3.05) is 25.1 Å². The van der Waals surface area contributed by atoms with Crippen LogP contribution in [0.3, 0.4) is 0 Å². The number of sulfone groups is 2. The minimum atomic E-state index is -3.96. The quantitative estimate of drug-likeness (QED) is 0.372. The topological polar surface area (TPSA) is 110 Å². The van der Waals surface area contributed by atoms with Gasteiger partial charge in [0.1, 0.15) is 26.9 Å². The normalized spacial score (nSPS) is 20.3. The maximum Gasteiger partial charge on any atom is 0.317 e. The molecule has 2 amide bonds. The van der Waals surface area contributed by atoms with E-state index in [1.54, 1.807) is 65.6 Å². The van der Waals surface area contributed by atoms with Gasteiger partial charge in [0.25, 0.3) is 0 Å². The SMILES string of the molecule is CS(=O)(=O)CCNC(=O)N1CC[C@@]2(S(=O)(=O)c3ccccc3)c3ccc(OCc4c(Cl)cccc4Cl)cc3CC[C@@H]12. The van der Waals surface area contributed by atoms with Crippen molar-refractivity contribution < 1.29 is 26.4 Å². The van der Waals surface area contributed by atoms with Crippen molar-refractivity contribution in [3.8, 4) is 5.75 Å². The molecule has 0 unspecified atom stereocenters. The average Bonchev–Trinajstić information content (AvgIpc) is 3.34. The molecule has 1 heterocycles. The van der Waals surface area contributed by atoms with Crippen LogP contribution in [0.1, 0.15) is 29.5 Å². The molecule has 1 aliphatic carbocycles. The standard InChI is InChI=1S/C29H30Cl2N2O6S2/c1-40(35,36)17-15-32-28(34)33-16-14-29(41(37,38)22-6-3-2-4-7-22)24-12-11-21(18-20(24)10-13-27(29)33)39-19-23-25(30)8-5-9-26(23)31/h2-9,11-12,18,27H,10,13-17,19H2,1H3,(H,32,34)/t27-,29-/m1/s1. The van der Waals surface area contributed by atoms with E-state index < -0.39 is 36.5 Å². The van der Waals surface area contributed by atoms with E-state index in [0.29, 0.717) is 39.8 Å². The first-order valence-electron chi connectivity index (χ1n) is 13.1. The molecule has 1 N–H and O–H groups in total. The lowest BCUT2D eigenvalue weighted by atomic mass is 9.78. The Labute approximate surface area is 250 Å². The Morgan fingerprint density at radius 3 is 2.41 bits per heavy atom. The highest BCUT2D eigenvalue weighted by Gasteiger charge is 2.60. The van der Waals surface area contributed by atoms with Gasteiger partial charge in [0, 0.05) is 35.0 Å². The number of fused-ring (bicyclic) bond motifs is 3. The number of nitrogens with one attached hydrogen (secondary N) is 1. The fourth-order valence-electron chi connectivity index (χ4n) is 5.92. The number of ether oxygens (including phenoxy) is 1. The summed E-state index contributed by atoms with van der Waals surface area (Å²) in [5.74, 6) is 0.356. The molecule has 218 valence electrons. The number of hydrogen-bond acceptors (Lipinski definition) is 6. The molecule has 41 heavy (non-hydrogen) atoms. The zero-order valence-corrected chi connectivity index (χ0v) is 25.5. The van der Waals surface area contributed by atoms with Crippen molar-refractivity contribution in [3.63, 3.8) is 0 Å². The summed E-state index contributed by atoms with van der Waals surface area (Å²) in [5.41, 5.74) is 2.14. The molecule has 0 aromatic heterocycles. The monoisotopic (exact) mass is 636 g/mol. The molecule has 5 rings (SSSR count). The Morgan fingerprint density at radius 2 is 1.73 bits per heavy atom. The number of aryl methyl sites for hydroxylation is 1. The Bertz CT molecular complexity index is 1660. The van der Waals surface area contributed by atoms with Crippen molar-refractivity contribution in [1.29, 1.82) is 0 Å². The van der Waals surface area contributed by atoms with Crippen LogP contribution in [0.2, 0.25) is 10.0 Å². The molecule has 1 saturated heterocycles. The number of amides is 2. The predicted molar refractivity (Wildman–Crippen MR) is 159 cm³/mol. The highest BCUT2D eigenvalue weighted by Crippen LogP contribution is 2.53. The second kappa shape index (κ2) is 11.5. The van der Waals surface area contributed by atoms with Crippen LogP contribution in [0, 0.1) is 0 Å². The van der Waals surface area contributed by atoms with E-state index in [4.69, 9.17) is 27.9 Å². The maximum absolute atomic E-state index is 14.4. The number of hydrogen-bond donors (Lipinski definition) is 1. The molecule has 2 atom stereocenters. The van der Waals surface area contributed by atoms with Gasteiger partial charge in [-0.25, -0.2) is 21.6 Å². The molecule has 3 aromatic carbocycles. The second-order valence-electron chi connectivity index (χ2n) is 10.4. The van der Waals surface area contributed by atoms with Crippen molar-refractivity contribution in [2.45, 2.75) is 41.6 Å². The maximum atomic E-state index is 14.4. The largest absolute Gasteiger partial charge is 0.489 e. The molecule has 1 fully saturated rings. The predicted octanol–water partition coefficient (Wildman–Crippen LogP) is 5.02. The number of carbonyl (C=O) groups excluding carboxylic acids is 1. The highest BCUT2D eigenvalue weighted by atomic mass is 35.5. The van der Waals surface area contributed by atoms with Crippen molar-refractivity contribution >= 4 is 48.9 Å². The number of likely N-dealkylation sites (tertiary alicyclic amines) is 1. The number of carbonyl (C=O) groups is 1. The van der Waals surface area contributed by atoms with Gasteiger partial charge in [0.15, 0.2) is 9.84 Å². The summed E-state index contributed by atoms with van der Waals surface area (Å²) in [6, 6.07) is 17.8. The molecule has 0 saturated carbocycles. The molecular formula is C29H30Cl2N2O6S2. The van der Waals surface area contributed by atoms with E-state index in [9.17, 15) is 21.6 Å². The molecule has 0 radical (unpaired) electrons. The van der Waals surface area contributed by atoms with Crippen molar-refractivity contribution in [2.24, 2.45) is 0 Å². The third kappa shape index (κ3) is 5.67. The minimum absolute atomic E-state index is 0.0495. The number of nitrogens with zero attached hydrogens (tertiary/aromatic N) is 1. The fourth-order valence-corrected chi connectivity index (χ4v) is 9.28. The molecule has 12 heteroatoms. The molecule has 3 aromatic rings. The molecule has 2 aliphatic rings. The summed E-state index contributed by atoms with van der Waals surface area (Å²) in [7, 11) is -7.22. The highest BCUT2D eigenvalue weighted by molar-refractivity contribution is 7.92.